The SMILES string of the molecule is Cc1ncsc1-c1ccc(C(C)NC(=O)[C@H]2C[C@H](O)CN2C(=O)C(N)C(C)(C)C)cc1.Cl. The lowest BCUT2D eigenvalue weighted by atomic mass is 9.86. The molecule has 176 valence electrons. The van der Waals surface area contributed by atoms with Gasteiger partial charge >= 0.3 is 0 Å². The summed E-state index contributed by atoms with van der Waals surface area (Å²) >= 11 is 1.60. The van der Waals surface area contributed by atoms with Crippen LogP contribution >= 0.6 is 23.7 Å². The average Bonchev–Trinajstić information content (AvgIpc) is 3.31. The molecule has 0 aliphatic carbocycles. The Labute approximate surface area is 199 Å². The number of amides is 2. The fourth-order valence-corrected chi connectivity index (χ4v) is 4.56. The molecule has 1 aliphatic rings. The number of rotatable bonds is 5. The summed E-state index contributed by atoms with van der Waals surface area (Å²) in [5, 5.41) is 13.1. The molecule has 1 aliphatic heterocycles. The first-order valence-electron chi connectivity index (χ1n) is 10.5. The molecular formula is C23H33ClN4O3S. The quantitative estimate of drug-likeness (QED) is 0.609. The maximum atomic E-state index is 13.0. The van der Waals surface area contributed by atoms with Gasteiger partial charge in [-0.25, -0.2) is 4.98 Å². The number of nitrogens with one attached hydrogen (secondary N) is 1. The van der Waals surface area contributed by atoms with Gasteiger partial charge < -0.3 is 21.1 Å². The van der Waals surface area contributed by atoms with Crippen LogP contribution in [0.3, 0.4) is 0 Å². The Balaban J connectivity index is 0.00000363. The molecule has 1 fully saturated rings. The number of halogens is 1. The van der Waals surface area contributed by atoms with Crippen LogP contribution in [0.1, 0.15) is 51.4 Å². The molecule has 1 saturated heterocycles. The molecule has 32 heavy (non-hydrogen) atoms. The van der Waals surface area contributed by atoms with E-state index in [4.69, 9.17) is 5.73 Å². The number of benzene rings is 1. The lowest BCUT2D eigenvalue weighted by Gasteiger charge is -2.32. The predicted molar refractivity (Wildman–Crippen MR) is 130 cm³/mol. The summed E-state index contributed by atoms with van der Waals surface area (Å²) in [4.78, 5) is 32.7. The largest absolute Gasteiger partial charge is 0.391 e. The molecule has 0 bridgehead atoms. The van der Waals surface area contributed by atoms with E-state index >= 15 is 0 Å². The van der Waals surface area contributed by atoms with Gasteiger partial charge in [0, 0.05) is 13.0 Å². The van der Waals surface area contributed by atoms with Crippen molar-refractivity contribution in [2.24, 2.45) is 11.1 Å². The maximum Gasteiger partial charge on any atom is 0.243 e. The van der Waals surface area contributed by atoms with Gasteiger partial charge in [-0.1, -0.05) is 45.0 Å². The topological polar surface area (TPSA) is 109 Å². The smallest absolute Gasteiger partial charge is 0.243 e. The highest BCUT2D eigenvalue weighted by atomic mass is 35.5. The van der Waals surface area contributed by atoms with Crippen molar-refractivity contribution < 1.29 is 14.7 Å². The average molecular weight is 481 g/mol. The highest BCUT2D eigenvalue weighted by molar-refractivity contribution is 7.13. The molecule has 4 atom stereocenters. The Kier molecular flexibility index (Phi) is 8.44. The van der Waals surface area contributed by atoms with Gasteiger partial charge in [-0.05, 0) is 30.4 Å². The highest BCUT2D eigenvalue weighted by Crippen LogP contribution is 2.29. The van der Waals surface area contributed by atoms with E-state index < -0.39 is 23.6 Å². The van der Waals surface area contributed by atoms with Crippen LogP contribution in [0.5, 0.6) is 0 Å². The molecule has 3 rings (SSSR count). The first kappa shape index (κ1) is 26.3. The molecule has 4 N–H and O–H groups in total. The third-order valence-electron chi connectivity index (χ3n) is 5.84. The van der Waals surface area contributed by atoms with Gasteiger partial charge in [-0.3, -0.25) is 9.59 Å². The van der Waals surface area contributed by atoms with E-state index in [1.807, 2.05) is 64.4 Å². The summed E-state index contributed by atoms with van der Waals surface area (Å²) in [6.45, 7) is 9.67. The van der Waals surface area contributed by atoms with Gasteiger partial charge in [0.2, 0.25) is 11.8 Å². The first-order valence-corrected chi connectivity index (χ1v) is 11.4. The first-order chi connectivity index (χ1) is 14.5. The van der Waals surface area contributed by atoms with Gasteiger partial charge in [0.25, 0.3) is 0 Å². The third kappa shape index (κ3) is 5.67. The molecule has 2 amide bonds. The van der Waals surface area contributed by atoms with Gasteiger partial charge in [0.15, 0.2) is 0 Å². The minimum atomic E-state index is -0.742. The van der Waals surface area contributed by atoms with E-state index in [-0.39, 0.29) is 43.2 Å². The molecule has 2 aromatic rings. The van der Waals surface area contributed by atoms with E-state index in [0.717, 1.165) is 21.7 Å². The predicted octanol–water partition coefficient (Wildman–Crippen LogP) is 3.05. The van der Waals surface area contributed by atoms with Crippen molar-refractivity contribution in [2.45, 2.75) is 65.3 Å². The van der Waals surface area contributed by atoms with Crippen LogP contribution in [0.2, 0.25) is 0 Å². The van der Waals surface area contributed by atoms with E-state index in [2.05, 4.69) is 10.3 Å². The van der Waals surface area contributed by atoms with Crippen LogP contribution in [0.25, 0.3) is 10.4 Å². The Hall–Kier alpha value is -2.00. The van der Waals surface area contributed by atoms with E-state index in [0.29, 0.717) is 0 Å². The summed E-state index contributed by atoms with van der Waals surface area (Å²) in [7, 11) is 0. The molecule has 9 heteroatoms. The van der Waals surface area contributed by atoms with Gasteiger partial charge in [-0.15, -0.1) is 23.7 Å². The van der Waals surface area contributed by atoms with Crippen molar-refractivity contribution in [1.29, 1.82) is 0 Å². The van der Waals surface area contributed by atoms with Gasteiger partial charge in [0.1, 0.15) is 6.04 Å². The third-order valence-corrected chi connectivity index (χ3v) is 6.82. The van der Waals surface area contributed by atoms with Crippen molar-refractivity contribution >= 4 is 35.6 Å². The normalized spacial score (nSPS) is 20.4. The summed E-state index contributed by atoms with van der Waals surface area (Å²) in [6.07, 6.45) is -0.519. The number of hydrogen-bond donors (Lipinski definition) is 3. The molecule has 1 aromatic heterocycles. The highest BCUT2D eigenvalue weighted by Gasteiger charge is 2.42. The number of carbonyl (C=O) groups excluding carboxylic acids is 2. The van der Waals surface area contributed by atoms with Crippen LogP contribution in [0.4, 0.5) is 0 Å². The number of nitrogens with two attached hydrogens (primary N) is 1. The van der Waals surface area contributed by atoms with Crippen molar-refractivity contribution in [2.75, 3.05) is 6.54 Å². The summed E-state index contributed by atoms with van der Waals surface area (Å²) < 4.78 is 0. The Bertz CT molecular complexity index is 941. The number of thiazole rings is 1. The van der Waals surface area contributed by atoms with Crippen LogP contribution in [0.15, 0.2) is 29.8 Å². The van der Waals surface area contributed by atoms with Crippen LogP contribution in [-0.4, -0.2) is 51.5 Å². The van der Waals surface area contributed by atoms with Crippen LogP contribution in [-0.2, 0) is 9.59 Å². The number of nitrogens with zero attached hydrogens (tertiary/aromatic N) is 2. The number of hydrogen-bond acceptors (Lipinski definition) is 6. The zero-order valence-corrected chi connectivity index (χ0v) is 20.8. The molecule has 2 heterocycles. The van der Waals surface area contributed by atoms with Crippen LogP contribution < -0.4 is 11.1 Å². The van der Waals surface area contributed by atoms with Gasteiger partial charge in [-0.2, -0.15) is 0 Å². The van der Waals surface area contributed by atoms with Crippen molar-refractivity contribution in [3.8, 4) is 10.4 Å². The van der Waals surface area contributed by atoms with Crippen molar-refractivity contribution in [3.05, 3.63) is 41.0 Å². The summed E-state index contributed by atoms with van der Waals surface area (Å²) in [5.74, 6) is -0.581. The minimum Gasteiger partial charge on any atom is -0.391 e. The Morgan fingerprint density at radius 3 is 2.44 bits per heavy atom. The van der Waals surface area contributed by atoms with E-state index in [1.165, 1.54) is 4.90 Å². The second-order valence-electron chi connectivity index (χ2n) is 9.36. The maximum absolute atomic E-state index is 13.0. The van der Waals surface area contributed by atoms with Crippen LogP contribution in [0, 0.1) is 12.3 Å². The Morgan fingerprint density at radius 2 is 1.91 bits per heavy atom. The molecule has 0 radical (unpaired) electrons. The zero-order chi connectivity index (χ0) is 22.9. The van der Waals surface area contributed by atoms with Crippen molar-refractivity contribution in [3.63, 3.8) is 0 Å². The van der Waals surface area contributed by atoms with Crippen molar-refractivity contribution in [1.82, 2.24) is 15.2 Å². The standard InChI is InChI=1S/C23H32N4O3S.ClH/c1-13(15-6-8-16(9-7-15)19-14(2)25-12-31-19)26-21(29)18-10-17(28)11-27(18)22(30)20(24)23(3,4)5;/h6-9,12-13,17-18,20,28H,10-11,24H2,1-5H3,(H,26,29);1H/t13?,17-,18+,20?;/m0./s1. The fourth-order valence-electron chi connectivity index (χ4n) is 3.75. The van der Waals surface area contributed by atoms with E-state index in [9.17, 15) is 14.7 Å². The molecule has 1 aromatic carbocycles. The minimum absolute atomic E-state index is 0. The number of β-amino-alcohol motifs (C(OH)–C–C–N with tert-alkyl or cyclic N) is 1. The zero-order valence-electron chi connectivity index (χ0n) is 19.2. The number of aromatic nitrogens is 1. The second kappa shape index (κ2) is 10.3. The second-order valence-corrected chi connectivity index (χ2v) is 10.2. The monoisotopic (exact) mass is 480 g/mol. The fraction of sp³-hybridized carbons (Fsp3) is 0.522. The lowest BCUT2D eigenvalue weighted by molar-refractivity contribution is -0.141. The molecular weight excluding hydrogens is 448 g/mol. The van der Waals surface area contributed by atoms with E-state index in [1.54, 1.807) is 11.3 Å². The molecule has 2 unspecified atom stereocenters. The molecule has 0 saturated carbocycles. The number of aliphatic hydroxyl groups is 1. The molecule has 7 nitrogen and oxygen atoms in total. The van der Waals surface area contributed by atoms with Gasteiger partial charge in [0.05, 0.1) is 34.3 Å². The Morgan fingerprint density at radius 1 is 1.28 bits per heavy atom. The lowest BCUT2D eigenvalue weighted by Crippen LogP contribution is -2.55. The summed E-state index contributed by atoms with van der Waals surface area (Å²) in [5.41, 5.74) is 10.6. The number of carbonyl (C=O) groups is 2. The number of aliphatic hydroxyl groups excluding tert-OH is 1. The summed E-state index contributed by atoms with van der Waals surface area (Å²) in [6, 6.07) is 6.32. The number of aryl methyl sites for hydroxylation is 1. The number of likely N-dealkylation sites (tertiary alicyclic amines) is 1. The molecule has 0 spiro atoms.